The molecule has 0 bridgehead atoms. The van der Waals surface area contributed by atoms with Crippen molar-refractivity contribution in [3.8, 4) is 0 Å². The van der Waals surface area contributed by atoms with Crippen LogP contribution in [0.1, 0.15) is 64.7 Å². The molecule has 2 atom stereocenters. The molecule has 2 aromatic rings. The lowest BCUT2D eigenvalue weighted by Gasteiger charge is -2.21. The highest BCUT2D eigenvalue weighted by Crippen LogP contribution is 2.24. The van der Waals surface area contributed by atoms with Gasteiger partial charge in [0.2, 0.25) is 0 Å². The minimum absolute atomic E-state index is 0.274. The monoisotopic (exact) mass is 273 g/mol. The van der Waals surface area contributed by atoms with Gasteiger partial charge in [-0.3, -0.25) is 0 Å². The predicted molar refractivity (Wildman–Crippen MR) is 86.0 cm³/mol. The third kappa shape index (κ3) is 3.86. The quantitative estimate of drug-likeness (QED) is 0.692. The van der Waals surface area contributed by atoms with Gasteiger partial charge in [-0.05, 0) is 31.9 Å². The molecule has 0 saturated carbocycles. The van der Waals surface area contributed by atoms with E-state index in [1.807, 2.05) is 12.1 Å². The van der Waals surface area contributed by atoms with Crippen LogP contribution in [0.15, 0.2) is 34.7 Å². The molecule has 0 aliphatic rings. The molecule has 1 heterocycles. The molecule has 0 aliphatic carbocycles. The van der Waals surface area contributed by atoms with E-state index in [-0.39, 0.29) is 6.04 Å². The lowest BCUT2D eigenvalue weighted by atomic mass is 10.0. The van der Waals surface area contributed by atoms with Crippen molar-refractivity contribution in [3.05, 3.63) is 36.1 Å². The highest BCUT2D eigenvalue weighted by Gasteiger charge is 2.15. The number of hydrogen-bond donors (Lipinski definition) is 1. The Morgan fingerprint density at radius 2 is 1.90 bits per heavy atom. The summed E-state index contributed by atoms with van der Waals surface area (Å²) in [6.45, 7) is 6.71. The molecule has 0 aliphatic heterocycles. The number of unbranched alkanes of at least 4 members (excludes halogenated alkanes) is 1. The van der Waals surface area contributed by atoms with E-state index in [1.54, 1.807) is 0 Å². The molecule has 0 saturated heterocycles. The summed E-state index contributed by atoms with van der Waals surface area (Å²) in [6, 6.07) is 11.3. The van der Waals surface area contributed by atoms with E-state index in [1.165, 1.54) is 37.5 Å². The van der Waals surface area contributed by atoms with Crippen LogP contribution >= 0.6 is 0 Å². The Kier molecular flexibility index (Phi) is 5.66. The molecule has 2 rings (SSSR count). The Balaban J connectivity index is 2.03. The van der Waals surface area contributed by atoms with Gasteiger partial charge >= 0.3 is 0 Å². The molecule has 0 fully saturated rings. The van der Waals surface area contributed by atoms with Gasteiger partial charge < -0.3 is 9.73 Å². The van der Waals surface area contributed by atoms with E-state index < -0.39 is 0 Å². The third-order valence-corrected chi connectivity index (χ3v) is 3.90. The topological polar surface area (TPSA) is 25.2 Å². The van der Waals surface area contributed by atoms with Crippen LogP contribution in [0, 0.1) is 0 Å². The lowest BCUT2D eigenvalue weighted by molar-refractivity contribution is 0.363. The molecule has 1 N–H and O–H groups in total. The van der Waals surface area contributed by atoms with Gasteiger partial charge in [0.15, 0.2) is 0 Å². The predicted octanol–water partition coefficient (Wildman–Crippen LogP) is 5.44. The summed E-state index contributed by atoms with van der Waals surface area (Å²) in [4.78, 5) is 0. The Morgan fingerprint density at radius 1 is 1.10 bits per heavy atom. The standard InChI is InChI=1S/C18H27NO/c1-4-6-11-16(9-5-2)19-14(3)18-13-15-10-7-8-12-17(15)20-18/h7-8,10,12-14,16,19H,4-6,9,11H2,1-3H3. The van der Waals surface area contributed by atoms with Gasteiger partial charge in [-0.15, -0.1) is 0 Å². The number of fused-ring (bicyclic) bond motifs is 1. The summed E-state index contributed by atoms with van der Waals surface area (Å²) in [7, 11) is 0. The summed E-state index contributed by atoms with van der Waals surface area (Å²) in [5.74, 6) is 1.05. The molecule has 110 valence electrons. The SMILES string of the molecule is CCCCC(CCC)NC(C)c1cc2ccccc2o1. The fourth-order valence-electron chi connectivity index (χ4n) is 2.76. The number of nitrogens with one attached hydrogen (secondary N) is 1. The zero-order valence-corrected chi connectivity index (χ0v) is 13.0. The molecule has 1 aromatic heterocycles. The number of para-hydroxylation sites is 1. The smallest absolute Gasteiger partial charge is 0.134 e. The molecule has 0 radical (unpaired) electrons. The van der Waals surface area contributed by atoms with Crippen LogP contribution in [0.4, 0.5) is 0 Å². The maximum absolute atomic E-state index is 5.95. The molecule has 0 amide bonds. The maximum atomic E-state index is 5.95. The minimum atomic E-state index is 0.274. The van der Waals surface area contributed by atoms with Crippen LogP contribution in [0.3, 0.4) is 0 Å². The van der Waals surface area contributed by atoms with E-state index in [4.69, 9.17) is 4.42 Å². The third-order valence-electron chi connectivity index (χ3n) is 3.90. The van der Waals surface area contributed by atoms with Gasteiger partial charge in [0, 0.05) is 11.4 Å². The maximum Gasteiger partial charge on any atom is 0.134 e. The van der Waals surface area contributed by atoms with Crippen LogP contribution in [0.5, 0.6) is 0 Å². The molecule has 20 heavy (non-hydrogen) atoms. The van der Waals surface area contributed by atoms with Crippen LogP contribution in [0.25, 0.3) is 11.0 Å². The molecule has 0 spiro atoms. The molecule has 2 nitrogen and oxygen atoms in total. The lowest BCUT2D eigenvalue weighted by Crippen LogP contribution is -2.31. The average molecular weight is 273 g/mol. The van der Waals surface area contributed by atoms with Gasteiger partial charge in [-0.25, -0.2) is 0 Å². The fraction of sp³-hybridized carbons (Fsp3) is 0.556. The second-order valence-corrected chi connectivity index (χ2v) is 5.70. The van der Waals surface area contributed by atoms with Crippen molar-refractivity contribution in [2.75, 3.05) is 0 Å². The van der Waals surface area contributed by atoms with E-state index >= 15 is 0 Å². The summed E-state index contributed by atoms with van der Waals surface area (Å²) < 4.78 is 5.95. The summed E-state index contributed by atoms with van der Waals surface area (Å²) in [6.07, 6.45) is 6.29. The van der Waals surface area contributed by atoms with Crippen molar-refractivity contribution in [3.63, 3.8) is 0 Å². The second-order valence-electron chi connectivity index (χ2n) is 5.70. The van der Waals surface area contributed by atoms with Gasteiger partial charge in [0.25, 0.3) is 0 Å². The average Bonchev–Trinajstić information content (AvgIpc) is 2.89. The van der Waals surface area contributed by atoms with E-state index in [2.05, 4.69) is 44.3 Å². The second kappa shape index (κ2) is 7.49. The Morgan fingerprint density at radius 3 is 2.60 bits per heavy atom. The van der Waals surface area contributed by atoms with E-state index in [0.717, 1.165) is 11.3 Å². The first kappa shape index (κ1) is 15.1. The highest BCUT2D eigenvalue weighted by molar-refractivity contribution is 5.77. The number of hydrogen-bond acceptors (Lipinski definition) is 2. The zero-order chi connectivity index (χ0) is 14.4. The van der Waals surface area contributed by atoms with Crippen LogP contribution in [-0.4, -0.2) is 6.04 Å². The van der Waals surface area contributed by atoms with E-state index in [0.29, 0.717) is 6.04 Å². The first-order valence-corrected chi connectivity index (χ1v) is 7.99. The van der Waals surface area contributed by atoms with Crippen molar-refractivity contribution in [1.29, 1.82) is 0 Å². The van der Waals surface area contributed by atoms with Crippen molar-refractivity contribution >= 4 is 11.0 Å². The largest absolute Gasteiger partial charge is 0.459 e. The Labute approximate surface area is 122 Å². The van der Waals surface area contributed by atoms with Gasteiger partial charge in [-0.2, -0.15) is 0 Å². The first-order chi connectivity index (χ1) is 9.74. The molecule has 2 unspecified atom stereocenters. The number of benzene rings is 1. The van der Waals surface area contributed by atoms with Crippen LogP contribution in [-0.2, 0) is 0 Å². The van der Waals surface area contributed by atoms with Crippen molar-refractivity contribution in [2.24, 2.45) is 0 Å². The highest BCUT2D eigenvalue weighted by atomic mass is 16.3. The molecule has 2 heteroatoms. The Bertz CT molecular complexity index is 484. The summed E-state index contributed by atoms with van der Waals surface area (Å²) in [5.41, 5.74) is 0.983. The summed E-state index contributed by atoms with van der Waals surface area (Å²) >= 11 is 0. The zero-order valence-electron chi connectivity index (χ0n) is 13.0. The van der Waals surface area contributed by atoms with E-state index in [9.17, 15) is 0 Å². The first-order valence-electron chi connectivity index (χ1n) is 7.99. The van der Waals surface area contributed by atoms with Crippen molar-refractivity contribution in [1.82, 2.24) is 5.32 Å². The molecular weight excluding hydrogens is 246 g/mol. The van der Waals surface area contributed by atoms with Gasteiger partial charge in [0.1, 0.15) is 11.3 Å². The summed E-state index contributed by atoms with van der Waals surface area (Å²) in [5, 5.41) is 4.93. The van der Waals surface area contributed by atoms with Crippen LogP contribution in [0.2, 0.25) is 0 Å². The minimum Gasteiger partial charge on any atom is -0.459 e. The normalized spacial score (nSPS) is 14.6. The fourth-order valence-corrected chi connectivity index (χ4v) is 2.76. The number of furan rings is 1. The molecule has 1 aromatic carbocycles. The number of rotatable bonds is 8. The van der Waals surface area contributed by atoms with Gasteiger partial charge in [-0.1, -0.05) is 51.3 Å². The van der Waals surface area contributed by atoms with Gasteiger partial charge in [0.05, 0.1) is 6.04 Å². The van der Waals surface area contributed by atoms with Crippen LogP contribution < -0.4 is 5.32 Å². The van der Waals surface area contributed by atoms with Crippen molar-refractivity contribution in [2.45, 2.75) is 65.0 Å². The molecular formula is C18H27NO. The van der Waals surface area contributed by atoms with Crippen molar-refractivity contribution < 1.29 is 4.42 Å². The Hall–Kier alpha value is -1.28.